The predicted octanol–water partition coefficient (Wildman–Crippen LogP) is 2.36. The van der Waals surface area contributed by atoms with Crippen LogP contribution in [0.5, 0.6) is 11.5 Å². The van der Waals surface area contributed by atoms with Gasteiger partial charge in [0.05, 0.1) is 19.8 Å². The van der Waals surface area contributed by atoms with E-state index in [9.17, 15) is 0 Å². The minimum atomic E-state index is -0.0424. The van der Waals surface area contributed by atoms with Crippen molar-refractivity contribution in [3.63, 3.8) is 0 Å². The van der Waals surface area contributed by atoms with E-state index in [0.29, 0.717) is 25.1 Å². The van der Waals surface area contributed by atoms with E-state index in [1.165, 1.54) is 0 Å². The van der Waals surface area contributed by atoms with Gasteiger partial charge in [-0.3, -0.25) is 9.89 Å². The van der Waals surface area contributed by atoms with Gasteiger partial charge in [0, 0.05) is 32.7 Å². The number of hydrogen-bond donors (Lipinski definition) is 2. The maximum atomic E-state index is 6.01. The molecule has 1 fully saturated rings. The predicted molar refractivity (Wildman–Crippen MR) is 127 cm³/mol. The van der Waals surface area contributed by atoms with Gasteiger partial charge in [-0.05, 0) is 24.5 Å². The Balaban J connectivity index is 0.00000300. The molecule has 7 nitrogen and oxygen atoms in total. The molecule has 3 rings (SSSR count). The number of nitrogens with one attached hydrogen (secondary N) is 2. The molecular formula is C21H35IN4O3. The summed E-state index contributed by atoms with van der Waals surface area (Å²) in [4.78, 5) is 6.89. The third-order valence-corrected chi connectivity index (χ3v) is 5.10. The second kappa shape index (κ2) is 12.4. The number of rotatable bonds is 7. The Hall–Kier alpha value is -1.26. The first kappa shape index (κ1) is 24.0. The van der Waals surface area contributed by atoms with Crippen molar-refractivity contribution in [2.75, 3.05) is 53.0 Å². The van der Waals surface area contributed by atoms with Crippen LogP contribution in [-0.4, -0.2) is 76.1 Å². The van der Waals surface area contributed by atoms with Gasteiger partial charge in [-0.2, -0.15) is 0 Å². The van der Waals surface area contributed by atoms with Gasteiger partial charge in [-0.25, -0.2) is 0 Å². The lowest BCUT2D eigenvalue weighted by molar-refractivity contribution is 0.0132. The zero-order valence-corrected chi connectivity index (χ0v) is 20.1. The van der Waals surface area contributed by atoms with Crippen LogP contribution in [0.15, 0.2) is 29.3 Å². The van der Waals surface area contributed by atoms with Crippen LogP contribution in [0.2, 0.25) is 0 Å². The summed E-state index contributed by atoms with van der Waals surface area (Å²) in [6.07, 6.45) is 1.11. The number of halogens is 1. The minimum Gasteiger partial charge on any atom is -0.486 e. The van der Waals surface area contributed by atoms with E-state index in [1.54, 1.807) is 7.05 Å². The number of nitrogens with zero attached hydrogens (tertiary/aromatic N) is 2. The normalized spacial score (nSPS) is 20.7. The molecule has 0 aliphatic carbocycles. The monoisotopic (exact) mass is 518 g/mol. The molecule has 2 unspecified atom stereocenters. The average molecular weight is 518 g/mol. The molecule has 0 spiro atoms. The van der Waals surface area contributed by atoms with Crippen LogP contribution in [0.25, 0.3) is 0 Å². The average Bonchev–Trinajstić information content (AvgIpc) is 2.73. The third kappa shape index (κ3) is 7.49. The number of guanidine groups is 1. The van der Waals surface area contributed by atoms with Crippen LogP contribution in [0.3, 0.4) is 0 Å². The highest BCUT2D eigenvalue weighted by molar-refractivity contribution is 14.0. The molecule has 2 N–H and O–H groups in total. The van der Waals surface area contributed by atoms with Crippen molar-refractivity contribution in [2.24, 2.45) is 10.9 Å². The highest BCUT2D eigenvalue weighted by atomic mass is 127. The smallest absolute Gasteiger partial charge is 0.191 e. The van der Waals surface area contributed by atoms with Gasteiger partial charge < -0.3 is 24.8 Å². The quantitative estimate of drug-likeness (QED) is 0.328. The summed E-state index contributed by atoms with van der Waals surface area (Å²) < 4.78 is 17.3. The van der Waals surface area contributed by atoms with Crippen molar-refractivity contribution >= 4 is 29.9 Å². The number of morpholine rings is 1. The van der Waals surface area contributed by atoms with Gasteiger partial charge in [-0.15, -0.1) is 24.0 Å². The molecule has 1 saturated heterocycles. The molecule has 0 radical (unpaired) electrons. The first-order valence-electron chi connectivity index (χ1n) is 10.3. The fraction of sp³-hybridized carbons (Fsp3) is 0.667. The van der Waals surface area contributed by atoms with Gasteiger partial charge in [0.1, 0.15) is 12.7 Å². The van der Waals surface area contributed by atoms with Crippen LogP contribution in [0.1, 0.15) is 20.3 Å². The maximum absolute atomic E-state index is 6.01. The lowest BCUT2D eigenvalue weighted by Crippen LogP contribution is -2.52. The van der Waals surface area contributed by atoms with Crippen LogP contribution in [-0.2, 0) is 4.74 Å². The zero-order valence-electron chi connectivity index (χ0n) is 17.7. The third-order valence-electron chi connectivity index (χ3n) is 5.10. The van der Waals surface area contributed by atoms with Crippen molar-refractivity contribution in [2.45, 2.75) is 32.4 Å². The number of ether oxygens (including phenoxy) is 3. The lowest BCUT2D eigenvalue weighted by atomic mass is 10.0. The summed E-state index contributed by atoms with van der Waals surface area (Å²) in [5.74, 6) is 3.05. The number of hydrogen-bond acceptors (Lipinski definition) is 5. The molecule has 0 aromatic heterocycles. The molecule has 2 aliphatic rings. The lowest BCUT2D eigenvalue weighted by Gasteiger charge is -2.36. The Morgan fingerprint density at radius 1 is 1.17 bits per heavy atom. The molecule has 0 amide bonds. The highest BCUT2D eigenvalue weighted by Gasteiger charge is 2.23. The molecule has 8 heteroatoms. The van der Waals surface area contributed by atoms with Crippen molar-refractivity contribution < 1.29 is 14.2 Å². The van der Waals surface area contributed by atoms with Crippen LogP contribution in [0.4, 0.5) is 0 Å². The Morgan fingerprint density at radius 2 is 1.90 bits per heavy atom. The number of para-hydroxylation sites is 2. The summed E-state index contributed by atoms with van der Waals surface area (Å²) in [7, 11) is 1.80. The fourth-order valence-electron chi connectivity index (χ4n) is 3.66. The Labute approximate surface area is 191 Å². The summed E-state index contributed by atoms with van der Waals surface area (Å²) in [6.45, 7) is 10.2. The second-order valence-electron chi connectivity index (χ2n) is 7.76. The number of aliphatic imine (C=N–C) groups is 1. The van der Waals surface area contributed by atoms with Gasteiger partial charge >= 0.3 is 0 Å². The Kier molecular flexibility index (Phi) is 10.3. The summed E-state index contributed by atoms with van der Waals surface area (Å²) in [5, 5.41) is 6.86. The van der Waals surface area contributed by atoms with E-state index in [-0.39, 0.29) is 30.1 Å². The molecule has 1 aromatic carbocycles. The zero-order chi connectivity index (χ0) is 19.8. The van der Waals surface area contributed by atoms with Gasteiger partial charge in [0.2, 0.25) is 0 Å². The molecule has 2 heterocycles. The fourth-order valence-corrected chi connectivity index (χ4v) is 3.66. The summed E-state index contributed by atoms with van der Waals surface area (Å²) in [6, 6.07) is 8.25. The molecule has 0 bridgehead atoms. The molecule has 0 saturated carbocycles. The SMILES string of the molecule is CN=C(NCC1COc2ccccc2O1)NCC(CC(C)C)N1CCOCC1.I. The Morgan fingerprint density at radius 3 is 2.59 bits per heavy atom. The molecule has 2 aliphatic heterocycles. The molecule has 164 valence electrons. The number of fused-ring (bicyclic) bond motifs is 1. The highest BCUT2D eigenvalue weighted by Crippen LogP contribution is 2.30. The van der Waals surface area contributed by atoms with Gasteiger partial charge in [-0.1, -0.05) is 26.0 Å². The summed E-state index contributed by atoms with van der Waals surface area (Å²) >= 11 is 0. The van der Waals surface area contributed by atoms with E-state index in [2.05, 4.69) is 34.4 Å². The second-order valence-corrected chi connectivity index (χ2v) is 7.76. The molecule has 1 aromatic rings. The first-order valence-corrected chi connectivity index (χ1v) is 10.3. The van der Waals surface area contributed by atoms with Gasteiger partial charge in [0.15, 0.2) is 17.5 Å². The summed E-state index contributed by atoms with van der Waals surface area (Å²) in [5.41, 5.74) is 0. The molecular weight excluding hydrogens is 483 g/mol. The van der Waals surface area contributed by atoms with E-state index in [1.807, 2.05) is 24.3 Å². The first-order chi connectivity index (χ1) is 13.7. The minimum absolute atomic E-state index is 0. The van der Waals surface area contributed by atoms with E-state index in [4.69, 9.17) is 14.2 Å². The molecule has 29 heavy (non-hydrogen) atoms. The number of benzene rings is 1. The van der Waals surface area contributed by atoms with Crippen molar-refractivity contribution in [3.05, 3.63) is 24.3 Å². The van der Waals surface area contributed by atoms with Crippen LogP contribution >= 0.6 is 24.0 Å². The van der Waals surface area contributed by atoms with E-state index < -0.39 is 0 Å². The molecule has 2 atom stereocenters. The Bertz CT molecular complexity index is 638. The van der Waals surface area contributed by atoms with Gasteiger partial charge in [0.25, 0.3) is 0 Å². The van der Waals surface area contributed by atoms with E-state index >= 15 is 0 Å². The van der Waals surface area contributed by atoms with E-state index in [0.717, 1.165) is 56.7 Å². The van der Waals surface area contributed by atoms with Crippen molar-refractivity contribution in [1.29, 1.82) is 0 Å². The van der Waals surface area contributed by atoms with Crippen molar-refractivity contribution in [1.82, 2.24) is 15.5 Å². The van der Waals surface area contributed by atoms with Crippen molar-refractivity contribution in [3.8, 4) is 11.5 Å². The largest absolute Gasteiger partial charge is 0.486 e. The maximum Gasteiger partial charge on any atom is 0.191 e. The topological polar surface area (TPSA) is 67.4 Å². The van der Waals surface area contributed by atoms with Crippen LogP contribution < -0.4 is 20.1 Å². The standard InChI is InChI=1S/C21H34N4O3.HI/c1-16(2)12-17(25-8-10-26-11-9-25)13-23-21(22-3)24-14-18-15-27-19-6-4-5-7-20(19)28-18;/h4-7,16-18H,8-15H2,1-3H3,(H2,22,23,24);1H. The van der Waals surface area contributed by atoms with Crippen LogP contribution in [0, 0.1) is 5.92 Å².